The van der Waals surface area contributed by atoms with Crippen molar-refractivity contribution < 1.29 is 9.47 Å². The van der Waals surface area contributed by atoms with Crippen LogP contribution in [0.3, 0.4) is 0 Å². The minimum Gasteiger partial charge on any atom is -0.493 e. The summed E-state index contributed by atoms with van der Waals surface area (Å²) in [4.78, 5) is 13.2. The van der Waals surface area contributed by atoms with Gasteiger partial charge in [0.1, 0.15) is 6.07 Å². The number of nitrogens with zero attached hydrogens (tertiary/aromatic N) is 2. The van der Waals surface area contributed by atoms with Crippen LogP contribution in [0.15, 0.2) is 47.3 Å². The third-order valence-corrected chi connectivity index (χ3v) is 5.29. The van der Waals surface area contributed by atoms with E-state index < -0.39 is 0 Å². The summed E-state index contributed by atoms with van der Waals surface area (Å²) in [5, 5.41) is 10.4. The predicted molar refractivity (Wildman–Crippen MR) is 108 cm³/mol. The number of ether oxygens (including phenoxy) is 2. The second kappa shape index (κ2) is 7.06. The standard InChI is InChI=1S/C22H17ClN2O3/c1-27-19-10-14-7-8-25-21(17(14)11-20(19)28-2)15(12-24)9-18(22(25)26)13-3-5-16(23)6-4-13/h3-6,9-11H,7-8H2,1-2H3. The van der Waals surface area contributed by atoms with Crippen molar-refractivity contribution in [1.82, 2.24) is 4.57 Å². The Morgan fingerprint density at radius 2 is 1.71 bits per heavy atom. The third-order valence-electron chi connectivity index (χ3n) is 5.03. The van der Waals surface area contributed by atoms with Crippen LogP contribution in [-0.2, 0) is 13.0 Å². The van der Waals surface area contributed by atoms with Crippen LogP contribution in [0.25, 0.3) is 22.4 Å². The van der Waals surface area contributed by atoms with Crippen molar-refractivity contribution in [3.8, 4) is 40.0 Å². The van der Waals surface area contributed by atoms with E-state index in [1.807, 2.05) is 12.1 Å². The molecule has 0 spiro atoms. The summed E-state index contributed by atoms with van der Waals surface area (Å²) in [7, 11) is 3.15. The molecule has 0 N–H and O–H groups in total. The lowest BCUT2D eigenvalue weighted by molar-refractivity contribution is 0.354. The van der Waals surface area contributed by atoms with E-state index in [2.05, 4.69) is 6.07 Å². The van der Waals surface area contributed by atoms with Crippen LogP contribution in [0.5, 0.6) is 11.5 Å². The molecule has 0 aliphatic carbocycles. The van der Waals surface area contributed by atoms with Crippen molar-refractivity contribution >= 4 is 11.6 Å². The van der Waals surface area contributed by atoms with Gasteiger partial charge in [0.15, 0.2) is 11.5 Å². The number of pyridine rings is 1. The summed E-state index contributed by atoms with van der Waals surface area (Å²) in [5.41, 5.74) is 4.00. The number of hydrogen-bond donors (Lipinski definition) is 0. The zero-order valence-corrected chi connectivity index (χ0v) is 16.2. The van der Waals surface area contributed by atoms with Crippen LogP contribution in [0.2, 0.25) is 5.02 Å². The number of aryl methyl sites for hydroxylation is 1. The van der Waals surface area contributed by atoms with E-state index >= 15 is 0 Å². The Kier molecular flexibility index (Phi) is 4.58. The number of aromatic nitrogens is 1. The van der Waals surface area contributed by atoms with Crippen molar-refractivity contribution in [3.63, 3.8) is 0 Å². The van der Waals surface area contributed by atoms with E-state index in [0.717, 1.165) is 16.7 Å². The first-order valence-corrected chi connectivity index (χ1v) is 9.14. The molecule has 3 aromatic rings. The molecule has 140 valence electrons. The van der Waals surface area contributed by atoms with Crippen molar-refractivity contribution in [3.05, 3.63) is 69.0 Å². The number of fused-ring (bicyclic) bond motifs is 3. The molecular formula is C22H17ClN2O3. The van der Waals surface area contributed by atoms with Gasteiger partial charge in [0, 0.05) is 22.7 Å². The Labute approximate surface area is 167 Å². The second-order valence-electron chi connectivity index (χ2n) is 6.51. The van der Waals surface area contributed by atoms with Crippen LogP contribution >= 0.6 is 11.6 Å². The quantitative estimate of drug-likeness (QED) is 0.667. The SMILES string of the molecule is COc1cc2c(cc1OC)-c1c(C#N)cc(-c3ccc(Cl)cc3)c(=O)n1CC2. The minimum atomic E-state index is -0.128. The van der Waals surface area contributed by atoms with Gasteiger partial charge in [-0.05, 0) is 47.9 Å². The predicted octanol–water partition coefficient (Wildman–Crippen LogP) is 4.28. The third kappa shape index (κ3) is 2.83. The first-order valence-electron chi connectivity index (χ1n) is 8.76. The van der Waals surface area contributed by atoms with Gasteiger partial charge in [-0.25, -0.2) is 0 Å². The average molecular weight is 393 g/mol. The lowest BCUT2D eigenvalue weighted by Gasteiger charge is -2.25. The fraction of sp³-hybridized carbons (Fsp3) is 0.182. The molecule has 0 atom stereocenters. The van der Waals surface area contributed by atoms with Crippen LogP contribution in [0.4, 0.5) is 0 Å². The molecule has 2 aromatic carbocycles. The monoisotopic (exact) mass is 392 g/mol. The largest absolute Gasteiger partial charge is 0.493 e. The van der Waals surface area contributed by atoms with E-state index in [1.165, 1.54) is 0 Å². The molecule has 4 rings (SSSR count). The second-order valence-corrected chi connectivity index (χ2v) is 6.95. The Morgan fingerprint density at radius 1 is 1.04 bits per heavy atom. The summed E-state index contributed by atoms with van der Waals surface area (Å²) in [6.45, 7) is 0.493. The van der Waals surface area contributed by atoms with E-state index in [1.54, 1.807) is 49.1 Å². The number of methoxy groups -OCH3 is 2. The van der Waals surface area contributed by atoms with Crippen molar-refractivity contribution in [2.45, 2.75) is 13.0 Å². The van der Waals surface area contributed by atoms with Gasteiger partial charge in [-0.2, -0.15) is 5.26 Å². The molecule has 5 nitrogen and oxygen atoms in total. The summed E-state index contributed by atoms with van der Waals surface area (Å²) in [5.74, 6) is 1.20. The first kappa shape index (κ1) is 18.1. The van der Waals surface area contributed by atoms with Crippen molar-refractivity contribution in [1.29, 1.82) is 5.26 Å². The Bertz CT molecular complexity index is 1170. The highest BCUT2D eigenvalue weighted by Gasteiger charge is 2.25. The van der Waals surface area contributed by atoms with Gasteiger partial charge in [-0.3, -0.25) is 4.79 Å². The minimum absolute atomic E-state index is 0.128. The zero-order chi connectivity index (χ0) is 19.8. The molecule has 1 aliphatic heterocycles. The van der Waals surface area contributed by atoms with Crippen LogP contribution in [0, 0.1) is 11.3 Å². The molecule has 1 aliphatic rings. The van der Waals surface area contributed by atoms with Gasteiger partial charge in [-0.15, -0.1) is 0 Å². The molecule has 2 heterocycles. The molecule has 0 fully saturated rings. The molecular weight excluding hydrogens is 376 g/mol. The van der Waals surface area contributed by atoms with Gasteiger partial charge in [0.25, 0.3) is 5.56 Å². The smallest absolute Gasteiger partial charge is 0.258 e. The first-order chi connectivity index (χ1) is 13.6. The van der Waals surface area contributed by atoms with E-state index in [0.29, 0.717) is 46.3 Å². The van der Waals surface area contributed by atoms with Gasteiger partial charge < -0.3 is 14.0 Å². The fourth-order valence-corrected chi connectivity index (χ4v) is 3.80. The molecule has 28 heavy (non-hydrogen) atoms. The molecule has 0 saturated heterocycles. The number of benzene rings is 2. The van der Waals surface area contributed by atoms with Crippen LogP contribution in [0.1, 0.15) is 11.1 Å². The molecule has 0 amide bonds. The fourth-order valence-electron chi connectivity index (χ4n) is 3.67. The number of nitriles is 1. The van der Waals surface area contributed by atoms with E-state index in [4.69, 9.17) is 21.1 Å². The highest BCUT2D eigenvalue weighted by molar-refractivity contribution is 6.30. The summed E-state index contributed by atoms with van der Waals surface area (Å²) in [6.07, 6.45) is 0.664. The Balaban J connectivity index is 1.99. The highest BCUT2D eigenvalue weighted by Crippen LogP contribution is 2.39. The normalized spacial score (nSPS) is 11.9. The molecule has 0 radical (unpaired) electrons. The topological polar surface area (TPSA) is 64.2 Å². The zero-order valence-electron chi connectivity index (χ0n) is 15.5. The number of halogens is 1. The molecule has 1 aromatic heterocycles. The van der Waals surface area contributed by atoms with Crippen LogP contribution in [-0.4, -0.2) is 18.8 Å². The lowest BCUT2D eigenvalue weighted by atomic mass is 9.92. The maximum atomic E-state index is 13.2. The average Bonchev–Trinajstić information content (AvgIpc) is 2.73. The maximum absolute atomic E-state index is 13.2. The van der Waals surface area contributed by atoms with Crippen molar-refractivity contribution in [2.75, 3.05) is 14.2 Å². The van der Waals surface area contributed by atoms with Gasteiger partial charge in [-0.1, -0.05) is 23.7 Å². The molecule has 0 bridgehead atoms. The Morgan fingerprint density at radius 3 is 2.36 bits per heavy atom. The van der Waals surface area contributed by atoms with Crippen molar-refractivity contribution in [2.24, 2.45) is 0 Å². The number of hydrogen-bond acceptors (Lipinski definition) is 4. The molecule has 0 saturated carbocycles. The van der Waals surface area contributed by atoms with Gasteiger partial charge in [0.05, 0.1) is 25.5 Å². The van der Waals surface area contributed by atoms with E-state index in [-0.39, 0.29) is 5.56 Å². The lowest BCUT2D eigenvalue weighted by Crippen LogP contribution is -2.28. The summed E-state index contributed by atoms with van der Waals surface area (Å²) < 4.78 is 12.5. The number of rotatable bonds is 3. The highest BCUT2D eigenvalue weighted by atomic mass is 35.5. The maximum Gasteiger partial charge on any atom is 0.258 e. The van der Waals surface area contributed by atoms with Gasteiger partial charge >= 0.3 is 0 Å². The molecule has 6 heteroatoms. The van der Waals surface area contributed by atoms with E-state index in [9.17, 15) is 10.1 Å². The summed E-state index contributed by atoms with van der Waals surface area (Å²) >= 11 is 5.96. The van der Waals surface area contributed by atoms with Crippen LogP contribution < -0.4 is 15.0 Å². The Hall–Kier alpha value is -3.23. The molecule has 0 unspecified atom stereocenters. The summed E-state index contributed by atoms with van der Waals surface area (Å²) in [6, 6.07) is 14.7. The van der Waals surface area contributed by atoms with Gasteiger partial charge in [0.2, 0.25) is 0 Å².